The van der Waals surface area contributed by atoms with Crippen LogP contribution in [0.1, 0.15) is 17.2 Å². The molecule has 1 atom stereocenters. The Morgan fingerprint density at radius 3 is 2.37 bits per heavy atom. The molecule has 1 fully saturated rings. The van der Waals surface area contributed by atoms with Gasteiger partial charge >= 0.3 is 0 Å². The molecule has 0 saturated carbocycles. The minimum absolute atomic E-state index is 0.0524. The molecular weight excluding hydrogens is 384 g/mol. The molecular formula is C23H26N2O5. The predicted molar refractivity (Wildman–Crippen MR) is 110 cm³/mol. The first-order valence-corrected chi connectivity index (χ1v) is 9.71. The first-order valence-electron chi connectivity index (χ1n) is 9.71. The minimum Gasteiger partial charge on any atom is -0.872 e. The summed E-state index contributed by atoms with van der Waals surface area (Å²) in [6.07, 6.45) is 0. The lowest BCUT2D eigenvalue weighted by Crippen LogP contribution is -3.06. The zero-order valence-electron chi connectivity index (χ0n) is 17.6. The number of ketones is 1. The van der Waals surface area contributed by atoms with Gasteiger partial charge in [0.1, 0.15) is 11.5 Å². The number of carbonyl (C=O) groups excluding carboxylic acids is 2. The van der Waals surface area contributed by atoms with Crippen LogP contribution in [0.2, 0.25) is 0 Å². The van der Waals surface area contributed by atoms with Crippen LogP contribution in [-0.4, -0.2) is 58.0 Å². The van der Waals surface area contributed by atoms with E-state index in [0.29, 0.717) is 35.7 Å². The van der Waals surface area contributed by atoms with Crippen molar-refractivity contribution in [2.75, 3.05) is 41.4 Å². The lowest BCUT2D eigenvalue weighted by Gasteiger charge is -2.28. The van der Waals surface area contributed by atoms with Crippen molar-refractivity contribution >= 4 is 17.4 Å². The Labute approximate surface area is 176 Å². The predicted octanol–water partition coefficient (Wildman–Crippen LogP) is 0.0723. The van der Waals surface area contributed by atoms with Gasteiger partial charge in [0, 0.05) is 17.2 Å². The van der Waals surface area contributed by atoms with Crippen molar-refractivity contribution in [2.24, 2.45) is 0 Å². The zero-order valence-corrected chi connectivity index (χ0v) is 17.6. The Bertz CT molecular complexity index is 969. The number of rotatable bonds is 7. The smallest absolute Gasteiger partial charge is 0.295 e. The highest BCUT2D eigenvalue weighted by atomic mass is 16.5. The molecule has 0 bridgehead atoms. The number of likely N-dealkylation sites (tertiary alicyclic amines) is 1. The van der Waals surface area contributed by atoms with Gasteiger partial charge in [-0.25, -0.2) is 0 Å². The standard InChI is InChI=1S/C23H26N2O5/c1-24(2)12-13-25-20(17-11-10-16(29-3)14-18(17)30-4)19(22(27)23(25)28)21(26)15-8-6-5-7-9-15/h5-11,14,20,26H,12-13H2,1-4H3/b21-19+. The Hall–Kier alpha value is -3.32. The number of amides is 1. The van der Waals surface area contributed by atoms with Crippen LogP contribution >= 0.6 is 0 Å². The molecule has 1 unspecified atom stereocenters. The third-order valence-electron chi connectivity index (χ3n) is 5.15. The van der Waals surface area contributed by atoms with E-state index >= 15 is 0 Å². The molecule has 1 aliphatic heterocycles. The zero-order chi connectivity index (χ0) is 21.8. The van der Waals surface area contributed by atoms with Gasteiger partial charge in [-0.1, -0.05) is 36.1 Å². The van der Waals surface area contributed by atoms with Crippen molar-refractivity contribution in [2.45, 2.75) is 6.04 Å². The Morgan fingerprint density at radius 1 is 1.07 bits per heavy atom. The molecule has 0 spiro atoms. The highest BCUT2D eigenvalue weighted by Gasteiger charge is 2.45. The Balaban J connectivity index is 2.20. The van der Waals surface area contributed by atoms with E-state index < -0.39 is 23.5 Å². The number of quaternary nitrogens is 1. The number of ether oxygens (including phenoxy) is 2. The Morgan fingerprint density at radius 2 is 1.77 bits per heavy atom. The van der Waals surface area contributed by atoms with Crippen LogP contribution in [0.4, 0.5) is 0 Å². The van der Waals surface area contributed by atoms with Gasteiger partial charge in [0.15, 0.2) is 0 Å². The van der Waals surface area contributed by atoms with Crippen molar-refractivity contribution in [3.63, 3.8) is 0 Å². The fourth-order valence-corrected chi connectivity index (χ4v) is 3.56. The molecule has 2 aromatic rings. The van der Waals surface area contributed by atoms with Crippen molar-refractivity contribution in [1.29, 1.82) is 0 Å². The van der Waals surface area contributed by atoms with Gasteiger partial charge < -0.3 is 24.4 Å². The molecule has 30 heavy (non-hydrogen) atoms. The van der Waals surface area contributed by atoms with E-state index in [-0.39, 0.29) is 5.57 Å². The maximum atomic E-state index is 13.3. The second-order valence-electron chi connectivity index (χ2n) is 7.40. The quantitative estimate of drug-likeness (QED) is 0.397. The molecule has 3 rings (SSSR count). The summed E-state index contributed by atoms with van der Waals surface area (Å²) in [4.78, 5) is 28.5. The summed E-state index contributed by atoms with van der Waals surface area (Å²) in [5.74, 6) is -0.857. The largest absolute Gasteiger partial charge is 0.872 e. The lowest BCUT2D eigenvalue weighted by atomic mass is 9.94. The highest BCUT2D eigenvalue weighted by Crippen LogP contribution is 2.42. The van der Waals surface area contributed by atoms with E-state index in [1.165, 1.54) is 12.0 Å². The number of likely N-dealkylation sites (N-methyl/N-ethyl adjacent to an activating group) is 1. The number of hydrogen-bond acceptors (Lipinski definition) is 5. The topological polar surface area (TPSA) is 83.3 Å². The molecule has 0 radical (unpaired) electrons. The van der Waals surface area contributed by atoms with Gasteiger partial charge in [-0.3, -0.25) is 9.59 Å². The van der Waals surface area contributed by atoms with Crippen LogP contribution in [-0.2, 0) is 9.59 Å². The van der Waals surface area contributed by atoms with Gasteiger partial charge in [0.05, 0.1) is 47.4 Å². The van der Waals surface area contributed by atoms with Gasteiger partial charge in [-0.15, -0.1) is 0 Å². The summed E-state index contributed by atoms with van der Waals surface area (Å²) in [5.41, 5.74) is 0.889. The van der Waals surface area contributed by atoms with Crippen molar-refractivity contribution in [1.82, 2.24) is 4.90 Å². The SMILES string of the molecule is COc1ccc(C2/C(=C(\[O-])c3ccccc3)C(=O)C(=O)N2CC[NH+](C)C)c(OC)c1. The van der Waals surface area contributed by atoms with E-state index in [1.807, 2.05) is 14.1 Å². The first kappa shape index (κ1) is 21.4. The second-order valence-corrected chi connectivity index (χ2v) is 7.40. The number of Topliss-reactive ketones (excluding diaryl/α,β-unsaturated/α-hetero) is 1. The first-order chi connectivity index (χ1) is 14.4. The summed E-state index contributed by atoms with van der Waals surface area (Å²) in [6.45, 7) is 0.957. The van der Waals surface area contributed by atoms with Gasteiger partial charge in [-0.05, 0) is 17.7 Å². The number of nitrogens with zero attached hydrogens (tertiary/aromatic N) is 1. The summed E-state index contributed by atoms with van der Waals surface area (Å²) in [6, 6.07) is 12.9. The summed E-state index contributed by atoms with van der Waals surface area (Å²) >= 11 is 0. The van der Waals surface area contributed by atoms with Crippen LogP contribution in [0, 0.1) is 0 Å². The third kappa shape index (κ3) is 4.02. The van der Waals surface area contributed by atoms with Crippen LogP contribution in [0.3, 0.4) is 0 Å². The number of benzene rings is 2. The fraction of sp³-hybridized carbons (Fsp3) is 0.304. The molecule has 1 heterocycles. The van der Waals surface area contributed by atoms with Crippen LogP contribution < -0.4 is 19.5 Å². The van der Waals surface area contributed by atoms with E-state index in [9.17, 15) is 14.7 Å². The third-order valence-corrected chi connectivity index (χ3v) is 5.15. The number of methoxy groups -OCH3 is 2. The fourth-order valence-electron chi connectivity index (χ4n) is 3.56. The van der Waals surface area contributed by atoms with E-state index in [4.69, 9.17) is 9.47 Å². The van der Waals surface area contributed by atoms with Crippen molar-refractivity contribution in [3.05, 3.63) is 65.2 Å². The van der Waals surface area contributed by atoms with E-state index in [0.717, 1.165) is 4.90 Å². The number of carbonyl (C=O) groups is 2. The van der Waals surface area contributed by atoms with Gasteiger partial charge in [0.2, 0.25) is 5.78 Å². The molecule has 7 heteroatoms. The molecule has 1 N–H and O–H groups in total. The summed E-state index contributed by atoms with van der Waals surface area (Å²) in [7, 11) is 6.97. The molecule has 7 nitrogen and oxygen atoms in total. The number of hydrogen-bond donors (Lipinski definition) is 1. The molecule has 158 valence electrons. The average Bonchev–Trinajstić information content (AvgIpc) is 3.01. The Kier molecular flexibility index (Phi) is 6.42. The molecule has 1 aliphatic rings. The summed E-state index contributed by atoms with van der Waals surface area (Å²) in [5, 5.41) is 13.3. The lowest BCUT2D eigenvalue weighted by molar-refractivity contribution is -0.857. The molecule has 0 aromatic heterocycles. The van der Waals surface area contributed by atoms with Crippen LogP contribution in [0.15, 0.2) is 54.1 Å². The molecule has 2 aromatic carbocycles. The van der Waals surface area contributed by atoms with Crippen LogP contribution in [0.25, 0.3) is 5.76 Å². The monoisotopic (exact) mass is 410 g/mol. The van der Waals surface area contributed by atoms with Crippen molar-refractivity contribution in [3.8, 4) is 11.5 Å². The van der Waals surface area contributed by atoms with Crippen molar-refractivity contribution < 1.29 is 29.1 Å². The molecule has 1 saturated heterocycles. The van der Waals surface area contributed by atoms with Gasteiger partial charge in [0.25, 0.3) is 5.91 Å². The summed E-state index contributed by atoms with van der Waals surface area (Å²) < 4.78 is 10.8. The molecule has 0 aliphatic carbocycles. The highest BCUT2D eigenvalue weighted by molar-refractivity contribution is 6.46. The number of nitrogens with one attached hydrogen (secondary N) is 1. The second kappa shape index (κ2) is 9.00. The van der Waals surface area contributed by atoms with Crippen LogP contribution in [0.5, 0.6) is 11.5 Å². The molecule has 1 amide bonds. The maximum Gasteiger partial charge on any atom is 0.295 e. The average molecular weight is 410 g/mol. The minimum atomic E-state index is -0.821. The van der Waals surface area contributed by atoms with E-state index in [2.05, 4.69) is 0 Å². The normalized spacial score (nSPS) is 18.2. The maximum absolute atomic E-state index is 13.3. The van der Waals surface area contributed by atoms with Gasteiger partial charge in [-0.2, -0.15) is 0 Å². The van der Waals surface area contributed by atoms with E-state index in [1.54, 1.807) is 55.6 Å².